The summed E-state index contributed by atoms with van der Waals surface area (Å²) in [5.74, 6) is -0.830. The minimum atomic E-state index is -0.582. The maximum absolute atomic E-state index is 14.0. The van der Waals surface area contributed by atoms with E-state index in [0.29, 0.717) is 27.4 Å². The second kappa shape index (κ2) is 7.75. The SMILES string of the molecule is Cc1nc(-c2cccc(N3CC(C(=O)Nc4ccc(Br)cc4F)CC3=O)c2)no1. The van der Waals surface area contributed by atoms with Crippen LogP contribution in [0.1, 0.15) is 12.3 Å². The molecule has 9 heteroatoms. The fourth-order valence-electron chi connectivity index (χ4n) is 3.19. The lowest BCUT2D eigenvalue weighted by molar-refractivity contribution is -0.122. The summed E-state index contributed by atoms with van der Waals surface area (Å²) in [6.07, 6.45) is 0.0511. The molecule has 1 unspecified atom stereocenters. The van der Waals surface area contributed by atoms with Gasteiger partial charge in [-0.1, -0.05) is 33.2 Å². The molecule has 29 heavy (non-hydrogen) atoms. The number of nitrogens with zero attached hydrogens (tertiary/aromatic N) is 3. The Morgan fingerprint density at radius 2 is 2.14 bits per heavy atom. The molecule has 0 bridgehead atoms. The van der Waals surface area contributed by atoms with E-state index >= 15 is 0 Å². The second-order valence-electron chi connectivity index (χ2n) is 6.71. The lowest BCUT2D eigenvalue weighted by Crippen LogP contribution is -2.28. The largest absolute Gasteiger partial charge is 0.339 e. The summed E-state index contributed by atoms with van der Waals surface area (Å²) in [5.41, 5.74) is 1.43. The van der Waals surface area contributed by atoms with Gasteiger partial charge in [0.25, 0.3) is 0 Å². The standard InChI is InChI=1S/C20H16BrFN4O3/c1-11-23-19(25-29-11)12-3-2-4-15(7-12)26-10-13(8-18(26)27)20(28)24-17-6-5-14(21)9-16(17)22/h2-7,9,13H,8,10H2,1H3,(H,24,28). The van der Waals surface area contributed by atoms with E-state index in [1.807, 2.05) is 6.07 Å². The van der Waals surface area contributed by atoms with Crippen molar-refractivity contribution in [3.05, 3.63) is 58.6 Å². The van der Waals surface area contributed by atoms with E-state index in [0.717, 1.165) is 0 Å². The normalized spacial score (nSPS) is 16.3. The molecule has 1 aromatic heterocycles. The second-order valence-corrected chi connectivity index (χ2v) is 7.62. The zero-order chi connectivity index (χ0) is 20.5. The van der Waals surface area contributed by atoms with Crippen molar-refractivity contribution in [3.63, 3.8) is 0 Å². The lowest BCUT2D eigenvalue weighted by Gasteiger charge is -2.17. The summed E-state index contributed by atoms with van der Waals surface area (Å²) in [5, 5.41) is 6.45. The molecule has 0 saturated carbocycles. The maximum atomic E-state index is 14.0. The highest BCUT2D eigenvalue weighted by molar-refractivity contribution is 9.10. The fraction of sp³-hybridized carbons (Fsp3) is 0.200. The first-order valence-electron chi connectivity index (χ1n) is 8.88. The summed E-state index contributed by atoms with van der Waals surface area (Å²) in [6.45, 7) is 1.90. The third-order valence-electron chi connectivity index (χ3n) is 4.63. The average molecular weight is 459 g/mol. The Bertz CT molecular complexity index is 1100. The molecule has 2 amide bonds. The van der Waals surface area contributed by atoms with Crippen LogP contribution in [0.15, 0.2) is 51.5 Å². The van der Waals surface area contributed by atoms with Gasteiger partial charge >= 0.3 is 0 Å². The number of hydrogen-bond donors (Lipinski definition) is 1. The molecule has 148 valence electrons. The number of hydrogen-bond acceptors (Lipinski definition) is 5. The number of carbonyl (C=O) groups excluding carboxylic acids is 2. The van der Waals surface area contributed by atoms with Crippen LogP contribution in [0.25, 0.3) is 11.4 Å². The van der Waals surface area contributed by atoms with Crippen LogP contribution in [0.5, 0.6) is 0 Å². The Morgan fingerprint density at radius 3 is 2.86 bits per heavy atom. The van der Waals surface area contributed by atoms with E-state index in [2.05, 4.69) is 31.4 Å². The number of halogens is 2. The molecule has 1 fully saturated rings. The van der Waals surface area contributed by atoms with Crippen LogP contribution >= 0.6 is 15.9 Å². The molecule has 1 aliphatic rings. The van der Waals surface area contributed by atoms with Crippen molar-refractivity contribution in [2.45, 2.75) is 13.3 Å². The topological polar surface area (TPSA) is 88.3 Å². The van der Waals surface area contributed by atoms with Gasteiger partial charge in [-0.2, -0.15) is 4.98 Å². The van der Waals surface area contributed by atoms with Crippen LogP contribution in [-0.2, 0) is 9.59 Å². The smallest absolute Gasteiger partial charge is 0.229 e. The summed E-state index contributed by atoms with van der Waals surface area (Å²) < 4.78 is 19.6. The van der Waals surface area contributed by atoms with Gasteiger partial charge < -0.3 is 14.7 Å². The lowest BCUT2D eigenvalue weighted by atomic mass is 10.1. The van der Waals surface area contributed by atoms with E-state index < -0.39 is 17.6 Å². The van der Waals surface area contributed by atoms with E-state index in [1.165, 1.54) is 12.1 Å². The van der Waals surface area contributed by atoms with Crippen LogP contribution in [0.3, 0.4) is 0 Å². The van der Waals surface area contributed by atoms with Crippen molar-refractivity contribution in [2.24, 2.45) is 5.92 Å². The molecule has 1 atom stereocenters. The summed E-state index contributed by atoms with van der Waals surface area (Å²) in [6, 6.07) is 11.5. The zero-order valence-corrected chi connectivity index (χ0v) is 16.9. The number of benzene rings is 2. The predicted octanol–water partition coefficient (Wildman–Crippen LogP) is 3.94. The minimum absolute atomic E-state index is 0.0511. The number of carbonyl (C=O) groups is 2. The molecule has 0 aliphatic carbocycles. The van der Waals surface area contributed by atoms with Crippen molar-refractivity contribution >= 4 is 39.1 Å². The molecule has 0 radical (unpaired) electrons. The van der Waals surface area contributed by atoms with Crippen LogP contribution in [-0.4, -0.2) is 28.5 Å². The van der Waals surface area contributed by atoms with Gasteiger partial charge in [-0.05, 0) is 30.3 Å². The van der Waals surface area contributed by atoms with Crippen LogP contribution in [0.2, 0.25) is 0 Å². The number of amides is 2. The molecule has 0 spiro atoms. The monoisotopic (exact) mass is 458 g/mol. The molecule has 1 saturated heterocycles. The first-order valence-corrected chi connectivity index (χ1v) is 9.67. The van der Waals surface area contributed by atoms with Gasteiger partial charge in [-0.25, -0.2) is 4.39 Å². The van der Waals surface area contributed by atoms with Gasteiger partial charge in [0.05, 0.1) is 11.6 Å². The number of rotatable bonds is 4. The summed E-state index contributed by atoms with van der Waals surface area (Å²) >= 11 is 3.18. The van der Waals surface area contributed by atoms with Gasteiger partial charge in [0.2, 0.25) is 23.5 Å². The fourth-order valence-corrected chi connectivity index (χ4v) is 3.52. The first kappa shape index (κ1) is 19.3. The van der Waals surface area contributed by atoms with Gasteiger partial charge in [0.1, 0.15) is 5.82 Å². The van der Waals surface area contributed by atoms with Crippen molar-refractivity contribution < 1.29 is 18.5 Å². The number of anilines is 2. The van der Waals surface area contributed by atoms with E-state index in [9.17, 15) is 14.0 Å². The Hall–Kier alpha value is -3.07. The molecule has 4 rings (SSSR count). The molecule has 7 nitrogen and oxygen atoms in total. The molecule has 3 aromatic rings. The molecular formula is C20H16BrFN4O3. The van der Waals surface area contributed by atoms with Gasteiger partial charge in [-0.15, -0.1) is 0 Å². The van der Waals surface area contributed by atoms with Gasteiger partial charge in [-0.3, -0.25) is 9.59 Å². The molecule has 2 aromatic carbocycles. The third-order valence-corrected chi connectivity index (χ3v) is 5.12. The number of aromatic nitrogens is 2. The van der Waals surface area contributed by atoms with Crippen molar-refractivity contribution in [3.8, 4) is 11.4 Å². The predicted molar refractivity (Wildman–Crippen MR) is 108 cm³/mol. The summed E-state index contributed by atoms with van der Waals surface area (Å²) in [4.78, 5) is 30.8. The van der Waals surface area contributed by atoms with Crippen LogP contribution < -0.4 is 10.2 Å². The van der Waals surface area contributed by atoms with E-state index in [-0.39, 0.29) is 24.6 Å². The summed E-state index contributed by atoms with van der Waals surface area (Å²) in [7, 11) is 0. The highest BCUT2D eigenvalue weighted by atomic mass is 79.9. The van der Waals surface area contributed by atoms with Crippen molar-refractivity contribution in [1.82, 2.24) is 10.1 Å². The van der Waals surface area contributed by atoms with Gasteiger partial charge in [0.15, 0.2) is 0 Å². The quantitative estimate of drug-likeness (QED) is 0.639. The molecule has 1 N–H and O–H groups in total. The minimum Gasteiger partial charge on any atom is -0.339 e. The first-order chi connectivity index (χ1) is 13.9. The van der Waals surface area contributed by atoms with E-state index in [1.54, 1.807) is 36.1 Å². The Morgan fingerprint density at radius 1 is 1.31 bits per heavy atom. The van der Waals surface area contributed by atoms with Gasteiger partial charge in [0, 0.05) is 35.6 Å². The molecular weight excluding hydrogens is 443 g/mol. The highest BCUT2D eigenvalue weighted by Crippen LogP contribution is 2.29. The number of nitrogens with one attached hydrogen (secondary N) is 1. The van der Waals surface area contributed by atoms with Crippen molar-refractivity contribution in [1.29, 1.82) is 0 Å². The third kappa shape index (κ3) is 4.04. The maximum Gasteiger partial charge on any atom is 0.229 e. The molecule has 1 aliphatic heterocycles. The van der Waals surface area contributed by atoms with Crippen molar-refractivity contribution in [2.75, 3.05) is 16.8 Å². The van der Waals surface area contributed by atoms with E-state index in [4.69, 9.17) is 4.52 Å². The van der Waals surface area contributed by atoms with Crippen LogP contribution in [0, 0.1) is 18.7 Å². The molecule has 2 heterocycles. The van der Waals surface area contributed by atoms with Crippen LogP contribution in [0.4, 0.5) is 15.8 Å². The zero-order valence-electron chi connectivity index (χ0n) is 15.4. The highest BCUT2D eigenvalue weighted by Gasteiger charge is 2.35. The Labute approximate surface area is 174 Å². The average Bonchev–Trinajstić information content (AvgIpc) is 3.30. The Kier molecular flexibility index (Phi) is 5.14. The number of aryl methyl sites for hydroxylation is 1. The Balaban J connectivity index is 1.50.